The molecule has 24 heavy (non-hydrogen) atoms. The van der Waals surface area contributed by atoms with E-state index in [-0.39, 0.29) is 5.91 Å². The van der Waals surface area contributed by atoms with Crippen molar-refractivity contribution in [1.29, 1.82) is 0 Å². The summed E-state index contributed by atoms with van der Waals surface area (Å²) in [4.78, 5) is 19.2. The lowest BCUT2D eigenvalue weighted by atomic mass is 10.1. The Kier molecular flexibility index (Phi) is 7.00. The Hall–Kier alpha value is -2.14. The van der Waals surface area contributed by atoms with E-state index >= 15 is 0 Å². The number of pyridine rings is 1. The van der Waals surface area contributed by atoms with Gasteiger partial charge < -0.3 is 15.0 Å². The zero-order chi connectivity index (χ0) is 17.4. The monoisotopic (exact) mass is 329 g/mol. The largest absolute Gasteiger partial charge is 0.478 e. The molecule has 1 amide bonds. The van der Waals surface area contributed by atoms with Crippen molar-refractivity contribution in [1.82, 2.24) is 15.2 Å². The number of hydrogen-bond acceptors (Lipinski definition) is 4. The third-order valence-corrected chi connectivity index (χ3v) is 3.75. The van der Waals surface area contributed by atoms with E-state index in [0.29, 0.717) is 24.6 Å². The van der Waals surface area contributed by atoms with Gasteiger partial charge in [0.2, 0.25) is 5.88 Å². The summed E-state index contributed by atoms with van der Waals surface area (Å²) in [6.45, 7) is 4.33. The van der Waals surface area contributed by atoms with E-state index in [9.17, 15) is 4.79 Å². The van der Waals surface area contributed by atoms with Gasteiger partial charge in [0.1, 0.15) is 0 Å². The van der Waals surface area contributed by atoms with E-state index in [1.807, 2.05) is 38.4 Å². The lowest BCUT2D eigenvalue weighted by Gasteiger charge is -2.12. The maximum Gasteiger partial charge on any atom is 0.252 e. The molecule has 1 aromatic heterocycles. The van der Waals surface area contributed by atoms with E-state index in [1.54, 1.807) is 6.07 Å². The Morgan fingerprint density at radius 1 is 1.25 bits per heavy atom. The first-order valence-corrected chi connectivity index (χ1v) is 8.57. The summed E-state index contributed by atoms with van der Waals surface area (Å²) in [6.07, 6.45) is 2.95. The number of nitrogens with one attached hydrogen (secondary N) is 1. The summed E-state index contributed by atoms with van der Waals surface area (Å²) < 4.78 is 5.70. The van der Waals surface area contributed by atoms with Crippen LogP contribution in [0.2, 0.25) is 0 Å². The highest BCUT2D eigenvalue weighted by Gasteiger charge is 2.13. The minimum Gasteiger partial charge on any atom is -0.478 e. The first-order valence-electron chi connectivity index (χ1n) is 8.57. The van der Waals surface area contributed by atoms with Crippen LogP contribution in [-0.4, -0.2) is 49.6 Å². The predicted molar refractivity (Wildman–Crippen MR) is 97.7 cm³/mol. The molecule has 0 bridgehead atoms. The highest BCUT2D eigenvalue weighted by Crippen LogP contribution is 2.22. The van der Waals surface area contributed by atoms with Gasteiger partial charge >= 0.3 is 0 Å². The fourth-order valence-electron chi connectivity index (χ4n) is 2.43. The van der Waals surface area contributed by atoms with Crippen molar-refractivity contribution in [3.8, 4) is 5.88 Å². The van der Waals surface area contributed by atoms with Gasteiger partial charge in [-0.1, -0.05) is 31.5 Å². The first kappa shape index (κ1) is 18.2. The summed E-state index contributed by atoms with van der Waals surface area (Å²) in [6, 6.07) is 9.42. The molecule has 1 heterocycles. The van der Waals surface area contributed by atoms with E-state index in [4.69, 9.17) is 4.74 Å². The molecule has 0 saturated heterocycles. The Balaban J connectivity index is 2.15. The van der Waals surface area contributed by atoms with Crippen molar-refractivity contribution in [2.24, 2.45) is 0 Å². The van der Waals surface area contributed by atoms with E-state index in [2.05, 4.69) is 22.1 Å². The zero-order valence-electron chi connectivity index (χ0n) is 14.8. The average Bonchev–Trinajstić information content (AvgIpc) is 2.58. The average molecular weight is 329 g/mol. The Morgan fingerprint density at radius 3 is 2.79 bits per heavy atom. The first-order chi connectivity index (χ1) is 11.6. The second-order valence-corrected chi connectivity index (χ2v) is 6.14. The van der Waals surface area contributed by atoms with Crippen molar-refractivity contribution in [2.45, 2.75) is 26.2 Å². The molecule has 1 N–H and O–H groups in total. The maximum absolute atomic E-state index is 12.6. The molecule has 0 fully saturated rings. The summed E-state index contributed by atoms with van der Waals surface area (Å²) in [5.74, 6) is 0.438. The molecule has 5 heteroatoms. The summed E-state index contributed by atoms with van der Waals surface area (Å²) >= 11 is 0. The second-order valence-electron chi connectivity index (χ2n) is 6.14. The molecule has 130 valence electrons. The molecule has 0 aliphatic carbocycles. The van der Waals surface area contributed by atoms with Crippen molar-refractivity contribution in [3.63, 3.8) is 0 Å². The van der Waals surface area contributed by atoms with Crippen molar-refractivity contribution in [3.05, 3.63) is 35.9 Å². The van der Waals surface area contributed by atoms with Crippen LogP contribution in [0, 0.1) is 0 Å². The normalized spacial score (nSPS) is 11.0. The van der Waals surface area contributed by atoms with Crippen LogP contribution in [0.5, 0.6) is 5.88 Å². The van der Waals surface area contributed by atoms with Crippen LogP contribution in [0.15, 0.2) is 30.3 Å². The number of unbranched alkanes of at least 4 members (excludes halogenated alkanes) is 1. The van der Waals surface area contributed by atoms with Crippen LogP contribution in [0.1, 0.15) is 36.5 Å². The number of hydrogen-bond donors (Lipinski definition) is 1. The molecule has 5 nitrogen and oxygen atoms in total. The van der Waals surface area contributed by atoms with Gasteiger partial charge in [0, 0.05) is 18.0 Å². The number of rotatable bonds is 9. The molecule has 0 atom stereocenters. The lowest BCUT2D eigenvalue weighted by Crippen LogP contribution is -2.27. The Morgan fingerprint density at radius 2 is 2.04 bits per heavy atom. The van der Waals surface area contributed by atoms with Gasteiger partial charge in [-0.15, -0.1) is 0 Å². The predicted octanol–water partition coefficient (Wildman–Crippen LogP) is 3.10. The van der Waals surface area contributed by atoms with Crippen LogP contribution in [0.3, 0.4) is 0 Å². The molecule has 1 aromatic carbocycles. The molecular weight excluding hydrogens is 302 g/mol. The van der Waals surface area contributed by atoms with Crippen molar-refractivity contribution in [2.75, 3.05) is 33.8 Å². The smallest absolute Gasteiger partial charge is 0.252 e. The zero-order valence-corrected chi connectivity index (χ0v) is 14.8. The van der Waals surface area contributed by atoms with Gasteiger partial charge in [0.15, 0.2) is 0 Å². The number of amides is 1. The lowest BCUT2D eigenvalue weighted by molar-refractivity contribution is 0.0953. The molecule has 2 rings (SSSR count). The number of carbonyl (C=O) groups is 1. The molecule has 0 spiro atoms. The molecule has 0 aliphatic rings. The number of ether oxygens (including phenoxy) is 1. The standard InChI is InChI=1S/C19H27N3O2/c1-4-5-13-24-18-14-16(15-9-6-7-10-17(15)21-18)19(23)20-11-8-12-22(2)3/h6-7,9-10,14H,4-5,8,11-13H2,1-3H3,(H,20,23). The van der Waals surface area contributed by atoms with Crippen LogP contribution >= 0.6 is 0 Å². The highest BCUT2D eigenvalue weighted by molar-refractivity contribution is 6.06. The van der Waals surface area contributed by atoms with Gasteiger partial charge in [-0.2, -0.15) is 0 Å². The Bertz CT molecular complexity index is 671. The van der Waals surface area contributed by atoms with Gasteiger partial charge in [0.25, 0.3) is 5.91 Å². The summed E-state index contributed by atoms with van der Waals surface area (Å²) in [5.41, 5.74) is 1.40. The number of benzene rings is 1. The molecule has 0 unspecified atom stereocenters. The second kappa shape index (κ2) is 9.23. The van der Waals surface area contributed by atoms with Gasteiger partial charge in [-0.25, -0.2) is 4.98 Å². The quantitative estimate of drug-likeness (QED) is 0.718. The van der Waals surface area contributed by atoms with E-state index < -0.39 is 0 Å². The SMILES string of the molecule is CCCCOc1cc(C(=O)NCCCN(C)C)c2ccccc2n1. The van der Waals surface area contributed by atoms with Crippen LogP contribution in [-0.2, 0) is 0 Å². The maximum atomic E-state index is 12.6. The molecule has 0 aliphatic heterocycles. The highest BCUT2D eigenvalue weighted by atomic mass is 16.5. The third kappa shape index (κ3) is 5.20. The third-order valence-electron chi connectivity index (χ3n) is 3.75. The number of para-hydroxylation sites is 1. The minimum atomic E-state index is -0.0762. The molecule has 0 radical (unpaired) electrons. The van der Waals surface area contributed by atoms with Gasteiger partial charge in [0.05, 0.1) is 17.7 Å². The molecule has 2 aromatic rings. The van der Waals surface area contributed by atoms with Crippen LogP contribution in [0.25, 0.3) is 10.9 Å². The summed E-state index contributed by atoms with van der Waals surface area (Å²) in [5, 5.41) is 3.84. The number of nitrogens with zero attached hydrogens (tertiary/aromatic N) is 2. The fourth-order valence-corrected chi connectivity index (χ4v) is 2.43. The minimum absolute atomic E-state index is 0.0762. The van der Waals surface area contributed by atoms with Crippen LogP contribution < -0.4 is 10.1 Å². The van der Waals surface area contributed by atoms with E-state index in [0.717, 1.165) is 36.7 Å². The number of carbonyl (C=O) groups excluding carboxylic acids is 1. The summed E-state index contributed by atoms with van der Waals surface area (Å²) in [7, 11) is 4.05. The molecule has 0 saturated carbocycles. The Labute approximate surface area is 144 Å². The number of fused-ring (bicyclic) bond motifs is 1. The topological polar surface area (TPSA) is 54.5 Å². The number of aromatic nitrogens is 1. The van der Waals surface area contributed by atoms with Crippen LogP contribution in [0.4, 0.5) is 0 Å². The van der Waals surface area contributed by atoms with Crippen molar-refractivity contribution >= 4 is 16.8 Å². The van der Waals surface area contributed by atoms with Gasteiger partial charge in [-0.3, -0.25) is 4.79 Å². The van der Waals surface area contributed by atoms with Gasteiger partial charge in [-0.05, 0) is 39.5 Å². The fraction of sp³-hybridized carbons (Fsp3) is 0.474. The van der Waals surface area contributed by atoms with E-state index in [1.165, 1.54) is 0 Å². The van der Waals surface area contributed by atoms with Crippen molar-refractivity contribution < 1.29 is 9.53 Å². The molecular formula is C19H27N3O2.